The number of benzene rings is 2. The Morgan fingerprint density at radius 1 is 0.964 bits per heavy atom. The van der Waals surface area contributed by atoms with Crippen molar-refractivity contribution in [3.63, 3.8) is 0 Å². The van der Waals surface area contributed by atoms with Gasteiger partial charge in [-0.15, -0.1) is 0 Å². The van der Waals surface area contributed by atoms with Crippen molar-refractivity contribution in [3.8, 4) is 11.3 Å². The van der Waals surface area contributed by atoms with Crippen LogP contribution in [0.3, 0.4) is 0 Å². The van der Waals surface area contributed by atoms with Crippen LogP contribution in [0.5, 0.6) is 0 Å². The van der Waals surface area contributed by atoms with Crippen LogP contribution < -0.4 is 5.69 Å². The fourth-order valence-corrected chi connectivity index (χ4v) is 2.74. The lowest BCUT2D eigenvalue weighted by molar-refractivity contribution is 0.103. The number of furan rings is 1. The summed E-state index contributed by atoms with van der Waals surface area (Å²) in [4.78, 5) is 29.7. The van der Waals surface area contributed by atoms with Gasteiger partial charge >= 0.3 is 5.69 Å². The summed E-state index contributed by atoms with van der Waals surface area (Å²) in [6.45, 7) is 0. The molecule has 0 spiro atoms. The van der Waals surface area contributed by atoms with E-state index in [1.165, 1.54) is 18.7 Å². The summed E-state index contributed by atoms with van der Waals surface area (Å²) >= 11 is 0. The number of nitrogens with zero attached hydrogens (tertiary/aromatic N) is 3. The number of rotatable bonds is 5. The van der Waals surface area contributed by atoms with E-state index < -0.39 is 5.69 Å². The van der Waals surface area contributed by atoms with Gasteiger partial charge in [-0.1, -0.05) is 60.7 Å². The monoisotopic (exact) mass is 369 g/mol. The normalized spacial score (nSPS) is 11.0. The fraction of sp³-hybridized carbons (Fsp3) is 0. The zero-order valence-electron chi connectivity index (χ0n) is 14.7. The maximum atomic E-state index is 13.1. The van der Waals surface area contributed by atoms with E-state index in [-0.39, 0.29) is 11.3 Å². The molecule has 0 aliphatic carbocycles. The molecule has 6 nitrogen and oxygen atoms in total. The molecule has 28 heavy (non-hydrogen) atoms. The molecule has 4 rings (SSSR count). The maximum Gasteiger partial charge on any atom is 0.368 e. The summed E-state index contributed by atoms with van der Waals surface area (Å²) in [5, 5.41) is 4.09. The molecular weight excluding hydrogens is 354 g/mol. The van der Waals surface area contributed by atoms with Crippen LogP contribution in [-0.4, -0.2) is 21.7 Å². The van der Waals surface area contributed by atoms with Crippen molar-refractivity contribution in [3.05, 3.63) is 113 Å². The Morgan fingerprint density at radius 3 is 2.36 bits per heavy atom. The number of hydrogen-bond acceptors (Lipinski definition) is 5. The molecule has 0 aliphatic heterocycles. The van der Waals surface area contributed by atoms with E-state index in [0.717, 1.165) is 4.68 Å². The summed E-state index contributed by atoms with van der Waals surface area (Å²) in [6, 6.07) is 21.4. The Labute approximate surface area is 160 Å². The van der Waals surface area contributed by atoms with Gasteiger partial charge in [0, 0.05) is 17.3 Å². The predicted octanol–water partition coefficient (Wildman–Crippen LogP) is 3.62. The third-order valence-corrected chi connectivity index (χ3v) is 4.09. The van der Waals surface area contributed by atoms with Crippen molar-refractivity contribution in [1.29, 1.82) is 0 Å². The minimum Gasteiger partial charge on any atom is -0.463 e. The Morgan fingerprint density at radius 2 is 1.68 bits per heavy atom. The smallest absolute Gasteiger partial charge is 0.368 e. The molecule has 0 aliphatic rings. The van der Waals surface area contributed by atoms with Crippen molar-refractivity contribution in [2.45, 2.75) is 0 Å². The average molecular weight is 369 g/mol. The number of carbonyl (C=O) groups is 1. The highest BCUT2D eigenvalue weighted by Gasteiger charge is 2.18. The van der Waals surface area contributed by atoms with Gasteiger partial charge in [0.2, 0.25) is 0 Å². The lowest BCUT2D eigenvalue weighted by Crippen LogP contribution is -2.23. The number of hydrogen-bond donors (Lipinski definition) is 0. The topological polar surface area (TPSA) is 77.5 Å². The minimum atomic E-state index is -0.591. The first-order valence-electron chi connectivity index (χ1n) is 8.59. The van der Waals surface area contributed by atoms with Crippen LogP contribution in [0.15, 0.2) is 99.6 Å². The number of carbonyl (C=O) groups excluding carboxylic acids is 1. The average Bonchev–Trinajstić information content (AvgIpc) is 3.27. The highest BCUT2D eigenvalue weighted by atomic mass is 16.3. The number of ketones is 1. The molecular formula is C22H15N3O3. The van der Waals surface area contributed by atoms with Gasteiger partial charge in [0.1, 0.15) is 5.76 Å². The van der Waals surface area contributed by atoms with Crippen LogP contribution >= 0.6 is 0 Å². The summed E-state index contributed by atoms with van der Waals surface area (Å²) in [5.41, 5.74) is 1.20. The second kappa shape index (κ2) is 7.67. The van der Waals surface area contributed by atoms with Crippen molar-refractivity contribution in [2.24, 2.45) is 5.10 Å². The van der Waals surface area contributed by atoms with Crippen molar-refractivity contribution >= 4 is 12.0 Å². The largest absolute Gasteiger partial charge is 0.463 e. The Hall–Kier alpha value is -4.06. The van der Waals surface area contributed by atoms with E-state index in [4.69, 9.17) is 4.42 Å². The summed E-state index contributed by atoms with van der Waals surface area (Å²) in [6.07, 6.45) is 4.31. The van der Waals surface area contributed by atoms with E-state index in [2.05, 4.69) is 10.1 Å². The van der Waals surface area contributed by atoms with Gasteiger partial charge in [0.15, 0.2) is 5.78 Å². The van der Waals surface area contributed by atoms with E-state index in [1.54, 1.807) is 48.5 Å². The molecule has 4 aromatic rings. The molecule has 2 aromatic heterocycles. The van der Waals surface area contributed by atoms with Gasteiger partial charge in [-0.05, 0) is 12.1 Å². The highest BCUT2D eigenvalue weighted by molar-refractivity contribution is 6.12. The third-order valence-electron chi connectivity index (χ3n) is 4.09. The van der Waals surface area contributed by atoms with Crippen LogP contribution in [0.4, 0.5) is 0 Å². The Bertz CT molecular complexity index is 1180. The summed E-state index contributed by atoms with van der Waals surface area (Å²) < 4.78 is 6.22. The van der Waals surface area contributed by atoms with E-state index in [0.29, 0.717) is 22.6 Å². The lowest BCUT2D eigenvalue weighted by Gasteiger charge is -2.09. The second-order valence-corrected chi connectivity index (χ2v) is 5.95. The highest BCUT2D eigenvalue weighted by Crippen LogP contribution is 2.22. The molecule has 0 amide bonds. The molecule has 0 bridgehead atoms. The van der Waals surface area contributed by atoms with Crippen molar-refractivity contribution in [2.75, 3.05) is 0 Å². The molecule has 0 atom stereocenters. The zero-order chi connectivity index (χ0) is 19.3. The molecule has 2 aromatic carbocycles. The van der Waals surface area contributed by atoms with E-state index in [1.807, 2.05) is 24.3 Å². The number of aromatic nitrogens is 2. The molecule has 0 N–H and O–H groups in total. The van der Waals surface area contributed by atoms with Crippen LogP contribution in [0, 0.1) is 0 Å². The molecule has 6 heteroatoms. The first-order valence-corrected chi connectivity index (χ1v) is 8.59. The van der Waals surface area contributed by atoms with Crippen LogP contribution in [-0.2, 0) is 0 Å². The minimum absolute atomic E-state index is 0.242. The SMILES string of the molecule is O=C(c1ccccc1)c1cn(N=Cc2ccco2)c(=O)nc1-c1ccccc1. The fourth-order valence-electron chi connectivity index (χ4n) is 2.74. The van der Waals surface area contributed by atoms with Gasteiger partial charge in [0.05, 0.1) is 23.7 Å². The first kappa shape index (κ1) is 17.4. The molecule has 2 heterocycles. The maximum absolute atomic E-state index is 13.1. The van der Waals surface area contributed by atoms with Crippen LogP contribution in [0.25, 0.3) is 11.3 Å². The van der Waals surface area contributed by atoms with Gasteiger partial charge in [-0.2, -0.15) is 14.8 Å². The Kier molecular flexibility index (Phi) is 4.76. The Balaban J connectivity index is 1.86. The molecule has 0 radical (unpaired) electrons. The van der Waals surface area contributed by atoms with E-state index >= 15 is 0 Å². The second-order valence-electron chi connectivity index (χ2n) is 5.95. The summed E-state index contributed by atoms with van der Waals surface area (Å²) in [5.74, 6) is 0.240. The van der Waals surface area contributed by atoms with Gasteiger partial charge in [-0.25, -0.2) is 4.79 Å². The molecule has 136 valence electrons. The predicted molar refractivity (Wildman–Crippen MR) is 106 cm³/mol. The van der Waals surface area contributed by atoms with Crippen LogP contribution in [0.1, 0.15) is 21.7 Å². The van der Waals surface area contributed by atoms with Crippen molar-refractivity contribution < 1.29 is 9.21 Å². The van der Waals surface area contributed by atoms with Gasteiger partial charge in [0.25, 0.3) is 0 Å². The quantitative estimate of drug-likeness (QED) is 0.398. The molecule has 0 fully saturated rings. The summed E-state index contributed by atoms with van der Waals surface area (Å²) in [7, 11) is 0. The standard InChI is InChI=1S/C22H15N3O3/c26-21(17-10-5-2-6-11-17)19-15-25(23-14-18-12-7-13-28-18)22(27)24-20(19)16-8-3-1-4-9-16/h1-15H. The first-order chi connectivity index (χ1) is 13.7. The molecule has 0 saturated carbocycles. The van der Waals surface area contributed by atoms with Gasteiger partial charge < -0.3 is 4.42 Å². The lowest BCUT2D eigenvalue weighted by atomic mass is 9.99. The van der Waals surface area contributed by atoms with E-state index in [9.17, 15) is 9.59 Å². The van der Waals surface area contributed by atoms with Crippen LogP contribution in [0.2, 0.25) is 0 Å². The molecule has 0 unspecified atom stereocenters. The third kappa shape index (κ3) is 3.57. The molecule has 0 saturated heterocycles. The zero-order valence-corrected chi connectivity index (χ0v) is 14.7. The van der Waals surface area contributed by atoms with Gasteiger partial charge in [-0.3, -0.25) is 4.79 Å². The van der Waals surface area contributed by atoms with Crippen molar-refractivity contribution in [1.82, 2.24) is 9.66 Å².